The van der Waals surface area contributed by atoms with Crippen LogP contribution in [-0.2, 0) is 6.42 Å². The minimum Gasteiger partial charge on any atom is -0.383 e. The Kier molecular flexibility index (Phi) is 3.57. The van der Waals surface area contributed by atoms with Crippen molar-refractivity contribution in [3.8, 4) is 0 Å². The van der Waals surface area contributed by atoms with Gasteiger partial charge in [0.1, 0.15) is 0 Å². The molecular formula is C14H20N2S. The van der Waals surface area contributed by atoms with Crippen LogP contribution >= 0.6 is 11.8 Å². The lowest BCUT2D eigenvalue weighted by atomic mass is 10.0. The zero-order valence-corrected chi connectivity index (χ0v) is 11.0. The second kappa shape index (κ2) is 5.32. The molecule has 0 spiro atoms. The lowest BCUT2D eigenvalue weighted by Gasteiger charge is -2.18. The van der Waals surface area contributed by atoms with Gasteiger partial charge in [-0.25, -0.2) is 0 Å². The zero-order valence-electron chi connectivity index (χ0n) is 10.2. The normalized spacial score (nSPS) is 23.2. The fourth-order valence-electron chi connectivity index (χ4n) is 2.68. The molecule has 1 unspecified atom stereocenters. The van der Waals surface area contributed by atoms with E-state index in [9.17, 15) is 0 Å². The van der Waals surface area contributed by atoms with Crippen molar-refractivity contribution < 1.29 is 0 Å². The molecule has 2 aliphatic rings. The van der Waals surface area contributed by atoms with E-state index < -0.39 is 0 Å². The fraction of sp³-hybridized carbons (Fsp3) is 0.571. The second-order valence-electron chi connectivity index (χ2n) is 4.94. The Morgan fingerprint density at radius 1 is 1.29 bits per heavy atom. The largest absolute Gasteiger partial charge is 0.383 e. The van der Waals surface area contributed by atoms with Gasteiger partial charge in [0.15, 0.2) is 0 Å². The molecule has 0 amide bonds. The number of anilines is 1. The number of hydrogen-bond donors (Lipinski definition) is 2. The monoisotopic (exact) mass is 248 g/mol. The first-order chi connectivity index (χ1) is 8.42. The van der Waals surface area contributed by atoms with Crippen LogP contribution < -0.4 is 10.6 Å². The van der Waals surface area contributed by atoms with Gasteiger partial charge in [-0.2, -0.15) is 0 Å². The number of fused-ring (bicyclic) bond motifs is 1. The second-order valence-corrected chi connectivity index (χ2v) is 6.07. The van der Waals surface area contributed by atoms with Crippen LogP contribution in [0, 0.1) is 0 Å². The van der Waals surface area contributed by atoms with Crippen LogP contribution in [0.15, 0.2) is 23.1 Å². The molecule has 2 N–H and O–H groups in total. The Morgan fingerprint density at radius 2 is 2.29 bits per heavy atom. The highest BCUT2D eigenvalue weighted by molar-refractivity contribution is 7.99. The molecule has 3 heteroatoms. The number of benzene rings is 1. The number of hydrogen-bond acceptors (Lipinski definition) is 3. The molecule has 0 bridgehead atoms. The molecule has 0 radical (unpaired) electrons. The van der Waals surface area contributed by atoms with Crippen LogP contribution in [0.4, 0.5) is 5.69 Å². The Labute approximate surface area is 108 Å². The third-order valence-electron chi connectivity index (χ3n) is 3.66. The average molecular weight is 248 g/mol. The summed E-state index contributed by atoms with van der Waals surface area (Å²) in [5, 5.41) is 7.03. The summed E-state index contributed by atoms with van der Waals surface area (Å²) in [7, 11) is 0. The van der Waals surface area contributed by atoms with E-state index in [2.05, 4.69) is 28.8 Å². The number of aryl methyl sites for hydroxylation is 1. The number of thioether (sulfide) groups is 1. The molecule has 0 aromatic heterocycles. The van der Waals surface area contributed by atoms with Crippen LogP contribution in [0.5, 0.6) is 0 Å². The van der Waals surface area contributed by atoms with Gasteiger partial charge in [-0.15, -0.1) is 11.8 Å². The summed E-state index contributed by atoms with van der Waals surface area (Å²) in [5.41, 5.74) is 2.82. The van der Waals surface area contributed by atoms with Crippen molar-refractivity contribution in [1.82, 2.24) is 5.32 Å². The summed E-state index contributed by atoms with van der Waals surface area (Å²) >= 11 is 1.98. The van der Waals surface area contributed by atoms with Gasteiger partial charge < -0.3 is 10.6 Å². The molecule has 17 heavy (non-hydrogen) atoms. The van der Waals surface area contributed by atoms with E-state index in [1.807, 2.05) is 11.8 Å². The van der Waals surface area contributed by atoms with Crippen molar-refractivity contribution in [2.75, 3.05) is 24.2 Å². The van der Waals surface area contributed by atoms with Crippen molar-refractivity contribution in [3.05, 3.63) is 23.8 Å². The Morgan fingerprint density at radius 3 is 3.18 bits per heavy atom. The maximum absolute atomic E-state index is 3.57. The van der Waals surface area contributed by atoms with Crippen molar-refractivity contribution >= 4 is 17.4 Å². The molecule has 1 aromatic carbocycles. The Balaban J connectivity index is 1.62. The molecule has 92 valence electrons. The summed E-state index contributed by atoms with van der Waals surface area (Å²) < 4.78 is 0. The van der Waals surface area contributed by atoms with Crippen LogP contribution in [0.25, 0.3) is 0 Å². The van der Waals surface area contributed by atoms with Gasteiger partial charge >= 0.3 is 0 Å². The molecule has 2 heterocycles. The van der Waals surface area contributed by atoms with E-state index in [1.165, 1.54) is 54.1 Å². The first-order valence-electron chi connectivity index (χ1n) is 6.65. The molecule has 2 nitrogen and oxygen atoms in total. The SMILES string of the molecule is c1cc2c(cc1CCC1CCCN1)SCCN2. The van der Waals surface area contributed by atoms with Gasteiger partial charge in [0.25, 0.3) is 0 Å². The predicted molar refractivity (Wildman–Crippen MR) is 75.0 cm³/mol. The van der Waals surface area contributed by atoms with Gasteiger partial charge in [-0.05, 0) is 49.9 Å². The van der Waals surface area contributed by atoms with E-state index in [0.29, 0.717) is 0 Å². The summed E-state index contributed by atoms with van der Waals surface area (Å²) in [5.74, 6) is 1.20. The minimum absolute atomic E-state index is 0.761. The van der Waals surface area contributed by atoms with Crippen LogP contribution in [-0.4, -0.2) is 24.9 Å². The quantitative estimate of drug-likeness (QED) is 0.860. The molecule has 1 saturated heterocycles. The third-order valence-corrected chi connectivity index (χ3v) is 4.72. The maximum atomic E-state index is 3.57. The third kappa shape index (κ3) is 2.78. The molecule has 0 saturated carbocycles. The predicted octanol–water partition coefficient (Wildman–Crippen LogP) is 2.89. The average Bonchev–Trinajstić information content (AvgIpc) is 2.89. The topological polar surface area (TPSA) is 24.1 Å². The first-order valence-corrected chi connectivity index (χ1v) is 7.63. The van der Waals surface area contributed by atoms with Crippen molar-refractivity contribution in [2.45, 2.75) is 36.6 Å². The number of nitrogens with one attached hydrogen (secondary N) is 2. The van der Waals surface area contributed by atoms with Gasteiger partial charge in [0.05, 0.1) is 0 Å². The van der Waals surface area contributed by atoms with Crippen molar-refractivity contribution in [2.24, 2.45) is 0 Å². The van der Waals surface area contributed by atoms with Crippen LogP contribution in [0.1, 0.15) is 24.8 Å². The van der Waals surface area contributed by atoms with Gasteiger partial charge in [0.2, 0.25) is 0 Å². The van der Waals surface area contributed by atoms with E-state index in [-0.39, 0.29) is 0 Å². The molecule has 1 aromatic rings. The Hall–Kier alpha value is -0.670. The molecular weight excluding hydrogens is 228 g/mol. The van der Waals surface area contributed by atoms with Gasteiger partial charge in [-0.3, -0.25) is 0 Å². The summed E-state index contributed by atoms with van der Waals surface area (Å²) in [6.07, 6.45) is 5.22. The number of rotatable bonds is 3. The minimum atomic E-state index is 0.761. The fourth-order valence-corrected chi connectivity index (χ4v) is 3.63. The summed E-state index contributed by atoms with van der Waals surface area (Å²) in [6, 6.07) is 7.67. The molecule has 3 rings (SSSR count). The van der Waals surface area contributed by atoms with E-state index in [0.717, 1.165) is 12.6 Å². The van der Waals surface area contributed by atoms with Gasteiger partial charge in [-0.1, -0.05) is 6.07 Å². The van der Waals surface area contributed by atoms with E-state index >= 15 is 0 Å². The maximum Gasteiger partial charge on any atom is 0.0478 e. The van der Waals surface area contributed by atoms with Crippen molar-refractivity contribution in [3.63, 3.8) is 0 Å². The van der Waals surface area contributed by atoms with Crippen LogP contribution in [0.2, 0.25) is 0 Å². The molecule has 0 aliphatic carbocycles. The highest BCUT2D eigenvalue weighted by Crippen LogP contribution is 2.31. The Bertz CT molecular complexity index is 386. The zero-order chi connectivity index (χ0) is 11.5. The summed E-state index contributed by atoms with van der Waals surface area (Å²) in [6.45, 7) is 2.32. The summed E-state index contributed by atoms with van der Waals surface area (Å²) in [4.78, 5) is 1.44. The molecule has 1 fully saturated rings. The lowest BCUT2D eigenvalue weighted by molar-refractivity contribution is 0.559. The van der Waals surface area contributed by atoms with Crippen LogP contribution in [0.3, 0.4) is 0 Å². The molecule has 2 aliphatic heterocycles. The highest BCUT2D eigenvalue weighted by Gasteiger charge is 2.14. The smallest absolute Gasteiger partial charge is 0.0478 e. The van der Waals surface area contributed by atoms with E-state index in [4.69, 9.17) is 0 Å². The highest BCUT2D eigenvalue weighted by atomic mass is 32.2. The molecule has 1 atom stereocenters. The van der Waals surface area contributed by atoms with Gasteiger partial charge in [0, 0.05) is 28.9 Å². The standard InChI is InChI=1S/C14H20N2S/c1-2-12(15-7-1)5-3-11-4-6-13-14(10-11)17-9-8-16-13/h4,6,10,12,15-16H,1-3,5,7-9H2. The lowest BCUT2D eigenvalue weighted by Crippen LogP contribution is -2.21. The van der Waals surface area contributed by atoms with Crippen molar-refractivity contribution in [1.29, 1.82) is 0 Å². The first kappa shape index (κ1) is 11.4. The van der Waals surface area contributed by atoms with E-state index in [1.54, 1.807) is 0 Å².